The van der Waals surface area contributed by atoms with E-state index in [9.17, 15) is 42.9 Å². The van der Waals surface area contributed by atoms with Crippen molar-refractivity contribution in [1.82, 2.24) is 5.32 Å². The summed E-state index contributed by atoms with van der Waals surface area (Å²) in [4.78, 5) is 37.8. The summed E-state index contributed by atoms with van der Waals surface area (Å²) in [6, 6.07) is 0.618. The predicted molar refractivity (Wildman–Crippen MR) is 118 cm³/mol. The zero-order valence-electron chi connectivity index (χ0n) is 19.2. The van der Waals surface area contributed by atoms with E-state index in [-0.39, 0.29) is 41.5 Å². The Morgan fingerprint density at radius 1 is 1.17 bits per heavy atom. The van der Waals surface area contributed by atoms with Crippen LogP contribution in [0.1, 0.15) is 55.3 Å². The van der Waals surface area contributed by atoms with Gasteiger partial charge in [-0.3, -0.25) is 14.4 Å². The highest BCUT2D eigenvalue weighted by Crippen LogP contribution is 2.53. The number of rotatable bonds is 3. The van der Waals surface area contributed by atoms with Gasteiger partial charge in [-0.15, -0.1) is 13.2 Å². The van der Waals surface area contributed by atoms with Crippen molar-refractivity contribution in [3.8, 4) is 11.5 Å². The van der Waals surface area contributed by atoms with E-state index in [1.54, 1.807) is 0 Å². The van der Waals surface area contributed by atoms with Gasteiger partial charge in [0.05, 0.1) is 17.1 Å². The maximum Gasteiger partial charge on any atom is 0.573 e. The molecule has 8 nitrogen and oxygen atoms in total. The number of phenols is 1. The number of halogens is 3. The third kappa shape index (κ3) is 3.76. The quantitative estimate of drug-likeness (QED) is 0.455. The van der Waals surface area contributed by atoms with Crippen LogP contribution in [0.2, 0.25) is 0 Å². The average Bonchev–Trinajstić information content (AvgIpc) is 3.28. The number of ether oxygens (including phenoxy) is 1. The number of aromatic hydroxyl groups is 1. The number of aliphatic hydroxyl groups excluding tert-OH is 2. The van der Waals surface area contributed by atoms with Gasteiger partial charge in [0.15, 0.2) is 17.3 Å². The molecule has 1 heterocycles. The maximum atomic E-state index is 13.5. The standard InChI is InChI=1S/C25H24F3NO7/c1-9(30)17-15(31)7-11-5-10-6-13-20(23(35)18(10)22(34)19(11)21(17)33)16(32)8-12(14-3-2-4-29-14)24(13)36-25(26,27)28/h8,10-11,14,19,29,32-33,35H,2-7H2,1H3. The van der Waals surface area contributed by atoms with Crippen molar-refractivity contribution in [3.63, 3.8) is 0 Å². The third-order valence-corrected chi connectivity index (χ3v) is 7.63. The molecule has 0 radical (unpaired) electrons. The minimum atomic E-state index is -5.04. The Hall–Kier alpha value is -3.34. The summed E-state index contributed by atoms with van der Waals surface area (Å²) in [5.41, 5.74) is -0.878. The molecule has 4 unspecified atom stereocenters. The zero-order valence-corrected chi connectivity index (χ0v) is 19.2. The van der Waals surface area contributed by atoms with E-state index >= 15 is 0 Å². The highest BCUT2D eigenvalue weighted by atomic mass is 19.4. The molecule has 1 aromatic rings. The fourth-order valence-corrected chi connectivity index (χ4v) is 6.27. The normalized spacial score (nSPS) is 28.1. The van der Waals surface area contributed by atoms with E-state index in [1.165, 1.54) is 0 Å². The summed E-state index contributed by atoms with van der Waals surface area (Å²) in [5, 5.41) is 35.6. The van der Waals surface area contributed by atoms with Gasteiger partial charge in [-0.25, -0.2) is 0 Å². The number of carbonyl (C=O) groups excluding carboxylic acids is 3. The molecule has 1 aromatic carbocycles. The van der Waals surface area contributed by atoms with Crippen LogP contribution in [0.25, 0.3) is 5.76 Å². The molecule has 36 heavy (non-hydrogen) atoms. The van der Waals surface area contributed by atoms with Crippen LogP contribution in [-0.2, 0) is 20.8 Å². The fraction of sp³-hybridized carbons (Fsp3) is 0.480. The lowest BCUT2D eigenvalue weighted by molar-refractivity contribution is -0.275. The topological polar surface area (TPSA) is 133 Å². The number of allylic oxidation sites excluding steroid dienone is 3. The van der Waals surface area contributed by atoms with Crippen molar-refractivity contribution >= 4 is 23.1 Å². The van der Waals surface area contributed by atoms with Gasteiger partial charge in [0.2, 0.25) is 0 Å². The molecule has 2 fully saturated rings. The molecular weight excluding hydrogens is 483 g/mol. The molecule has 11 heteroatoms. The predicted octanol–water partition coefficient (Wildman–Crippen LogP) is 3.74. The maximum absolute atomic E-state index is 13.5. The van der Waals surface area contributed by atoms with Gasteiger partial charge < -0.3 is 25.4 Å². The van der Waals surface area contributed by atoms with Crippen LogP contribution >= 0.6 is 0 Å². The molecule has 0 bridgehead atoms. The van der Waals surface area contributed by atoms with Crippen LogP contribution in [0.15, 0.2) is 23.0 Å². The summed E-state index contributed by atoms with van der Waals surface area (Å²) in [6.07, 6.45) is -4.03. The van der Waals surface area contributed by atoms with Gasteiger partial charge in [0.1, 0.15) is 23.0 Å². The Morgan fingerprint density at radius 3 is 2.50 bits per heavy atom. The number of benzene rings is 1. The van der Waals surface area contributed by atoms with Crippen molar-refractivity contribution in [2.45, 2.75) is 51.4 Å². The first kappa shape index (κ1) is 24.4. The summed E-state index contributed by atoms with van der Waals surface area (Å²) < 4.78 is 44.8. The van der Waals surface area contributed by atoms with E-state index in [2.05, 4.69) is 10.1 Å². The smallest absolute Gasteiger partial charge is 0.511 e. The van der Waals surface area contributed by atoms with Gasteiger partial charge in [-0.2, -0.15) is 0 Å². The number of hydrogen-bond donors (Lipinski definition) is 4. The Morgan fingerprint density at radius 2 is 1.89 bits per heavy atom. The molecule has 1 saturated heterocycles. The second-order valence-corrected chi connectivity index (χ2v) is 9.81. The van der Waals surface area contributed by atoms with Crippen LogP contribution < -0.4 is 10.1 Å². The molecule has 1 saturated carbocycles. The van der Waals surface area contributed by atoms with Gasteiger partial charge in [0, 0.05) is 29.2 Å². The molecule has 192 valence electrons. The van der Waals surface area contributed by atoms with E-state index in [1.807, 2.05) is 0 Å². The Balaban J connectivity index is 1.67. The summed E-state index contributed by atoms with van der Waals surface area (Å²) >= 11 is 0. The van der Waals surface area contributed by atoms with Gasteiger partial charge in [-0.05, 0) is 57.1 Å². The fourth-order valence-electron chi connectivity index (χ4n) is 6.27. The number of aliphatic hydroxyl groups is 2. The molecule has 4 N–H and O–H groups in total. The minimum absolute atomic E-state index is 0.0696. The molecule has 0 amide bonds. The van der Waals surface area contributed by atoms with Crippen LogP contribution in [0.5, 0.6) is 11.5 Å². The van der Waals surface area contributed by atoms with Crippen LogP contribution in [-0.4, -0.2) is 45.6 Å². The molecule has 5 rings (SSSR count). The first-order valence-corrected chi connectivity index (χ1v) is 11.7. The summed E-state index contributed by atoms with van der Waals surface area (Å²) in [6.45, 7) is 1.68. The molecule has 1 aliphatic heterocycles. The SMILES string of the molecule is CC(=O)C1=C(O)C2C(=O)C3=C(O)c4c(O)cc(C5CCCN5)c(OC(F)(F)F)c4CC3CC2CC1=O. The van der Waals surface area contributed by atoms with Crippen molar-refractivity contribution in [2.24, 2.45) is 17.8 Å². The lowest BCUT2D eigenvalue weighted by atomic mass is 9.61. The molecular formula is C25H24F3NO7. The van der Waals surface area contributed by atoms with Crippen molar-refractivity contribution in [3.05, 3.63) is 39.7 Å². The Bertz CT molecular complexity index is 1260. The summed E-state index contributed by atoms with van der Waals surface area (Å²) in [5.74, 6) is -7.04. The van der Waals surface area contributed by atoms with Crippen LogP contribution in [0.3, 0.4) is 0 Å². The highest BCUT2D eigenvalue weighted by molar-refractivity contribution is 6.21. The number of fused-ring (bicyclic) bond motifs is 3. The molecule has 0 spiro atoms. The van der Waals surface area contributed by atoms with E-state index < -0.39 is 76.1 Å². The molecule has 0 aromatic heterocycles. The monoisotopic (exact) mass is 507 g/mol. The average molecular weight is 507 g/mol. The second-order valence-electron chi connectivity index (χ2n) is 9.81. The molecule has 3 aliphatic carbocycles. The van der Waals surface area contributed by atoms with E-state index in [0.717, 1.165) is 19.4 Å². The highest BCUT2D eigenvalue weighted by Gasteiger charge is 2.51. The van der Waals surface area contributed by atoms with Gasteiger partial charge in [0.25, 0.3) is 0 Å². The number of phenolic OH excluding ortho intramolecular Hbond substituents is 1. The second kappa shape index (κ2) is 8.36. The van der Waals surface area contributed by atoms with Crippen molar-refractivity contribution < 1.29 is 47.6 Å². The van der Waals surface area contributed by atoms with Crippen molar-refractivity contribution in [2.75, 3.05) is 6.54 Å². The first-order chi connectivity index (χ1) is 16.9. The van der Waals surface area contributed by atoms with E-state index in [0.29, 0.717) is 13.0 Å². The number of hydrogen-bond acceptors (Lipinski definition) is 8. The molecule has 4 aliphatic rings. The number of carbonyl (C=O) groups is 3. The number of alkyl halides is 3. The van der Waals surface area contributed by atoms with E-state index in [4.69, 9.17) is 0 Å². The zero-order chi connectivity index (χ0) is 26.1. The largest absolute Gasteiger partial charge is 0.573 e. The molecule has 4 atom stereocenters. The first-order valence-electron chi connectivity index (χ1n) is 11.7. The van der Waals surface area contributed by atoms with Gasteiger partial charge in [-0.1, -0.05) is 0 Å². The lowest BCUT2D eigenvalue weighted by Gasteiger charge is -2.41. The third-order valence-electron chi connectivity index (χ3n) is 7.63. The minimum Gasteiger partial charge on any atom is -0.511 e. The number of nitrogens with one attached hydrogen (secondary N) is 1. The number of Topliss-reactive ketones (excluding diaryl/α,β-unsaturated/α-hetero) is 3. The number of ketones is 3. The van der Waals surface area contributed by atoms with Crippen LogP contribution in [0.4, 0.5) is 13.2 Å². The Labute approximate surface area is 203 Å². The lowest BCUT2D eigenvalue weighted by Crippen LogP contribution is -2.43. The Kier molecular flexibility index (Phi) is 5.66. The van der Waals surface area contributed by atoms with Gasteiger partial charge >= 0.3 is 6.36 Å². The van der Waals surface area contributed by atoms with Crippen LogP contribution in [0, 0.1) is 17.8 Å². The summed E-state index contributed by atoms with van der Waals surface area (Å²) in [7, 11) is 0. The van der Waals surface area contributed by atoms with Crippen molar-refractivity contribution in [1.29, 1.82) is 0 Å².